The number of nitrogens with zero attached hydrogens (tertiary/aromatic N) is 1. The van der Waals surface area contributed by atoms with Crippen molar-refractivity contribution < 1.29 is 26.4 Å². The second-order valence-electron chi connectivity index (χ2n) is 5.49. The van der Waals surface area contributed by atoms with Gasteiger partial charge in [-0.05, 0) is 42.5 Å². The maximum atomic E-state index is 12.9. The zero-order valence-corrected chi connectivity index (χ0v) is 16.9. The van der Waals surface area contributed by atoms with E-state index >= 15 is 0 Å². The van der Waals surface area contributed by atoms with Crippen LogP contribution in [0.3, 0.4) is 0 Å². The second-order valence-corrected chi connectivity index (χ2v) is 8.72. The van der Waals surface area contributed by atoms with Crippen molar-refractivity contribution in [2.75, 3.05) is 22.4 Å². The molecule has 0 aromatic heterocycles. The van der Waals surface area contributed by atoms with Crippen molar-refractivity contribution in [2.45, 2.75) is 6.18 Å². The molecule has 2 aromatic rings. The Morgan fingerprint density at radius 3 is 2.30 bits per heavy atom. The minimum atomic E-state index is -4.69. The third-order valence-electron chi connectivity index (χ3n) is 3.36. The van der Waals surface area contributed by atoms with Crippen LogP contribution in [0.5, 0.6) is 0 Å². The summed E-state index contributed by atoms with van der Waals surface area (Å²) in [5.41, 5.74) is -1.12. The van der Waals surface area contributed by atoms with E-state index in [1.807, 2.05) is 0 Å². The van der Waals surface area contributed by atoms with Crippen LogP contribution in [0.25, 0.3) is 0 Å². The number of nitrogens with one attached hydrogen (secondary N) is 1. The molecule has 0 saturated heterocycles. The quantitative estimate of drug-likeness (QED) is 0.677. The molecule has 1 N–H and O–H groups in total. The number of carbonyl (C=O) groups is 1. The van der Waals surface area contributed by atoms with Gasteiger partial charge in [0.2, 0.25) is 15.9 Å². The van der Waals surface area contributed by atoms with Gasteiger partial charge in [0.25, 0.3) is 0 Å². The van der Waals surface area contributed by atoms with E-state index in [4.69, 9.17) is 11.6 Å². The van der Waals surface area contributed by atoms with Gasteiger partial charge in [0.15, 0.2) is 0 Å². The average Bonchev–Trinajstić information content (AvgIpc) is 2.53. The lowest BCUT2D eigenvalue weighted by Gasteiger charge is -2.24. The maximum absolute atomic E-state index is 12.9. The van der Waals surface area contributed by atoms with Gasteiger partial charge in [-0.25, -0.2) is 8.42 Å². The molecule has 0 heterocycles. The molecule has 11 heteroatoms. The minimum Gasteiger partial charge on any atom is -0.325 e. The average molecular weight is 486 g/mol. The van der Waals surface area contributed by atoms with Crippen molar-refractivity contribution in [3.63, 3.8) is 0 Å². The van der Waals surface area contributed by atoms with Crippen molar-refractivity contribution in [3.05, 3.63) is 57.5 Å². The molecule has 0 fully saturated rings. The summed E-state index contributed by atoms with van der Waals surface area (Å²) in [4.78, 5) is 12.2. The Hall–Kier alpha value is -1.78. The van der Waals surface area contributed by atoms with E-state index in [2.05, 4.69) is 21.2 Å². The van der Waals surface area contributed by atoms with E-state index in [1.165, 1.54) is 0 Å². The molecular formula is C16H13BrClF3N2O3S. The number of rotatable bonds is 5. The highest BCUT2D eigenvalue weighted by Crippen LogP contribution is 2.36. The molecule has 146 valence electrons. The summed E-state index contributed by atoms with van der Waals surface area (Å²) in [7, 11) is -4.08. The molecule has 0 spiro atoms. The summed E-state index contributed by atoms with van der Waals surface area (Å²) in [5.74, 6) is -0.740. The first kappa shape index (κ1) is 21.5. The fraction of sp³-hybridized carbons (Fsp3) is 0.188. The van der Waals surface area contributed by atoms with Crippen LogP contribution in [0.2, 0.25) is 5.02 Å². The highest BCUT2D eigenvalue weighted by atomic mass is 79.9. The van der Waals surface area contributed by atoms with Crippen LogP contribution in [-0.2, 0) is 21.0 Å². The van der Waals surface area contributed by atoms with Crippen molar-refractivity contribution >= 4 is 54.8 Å². The van der Waals surface area contributed by atoms with E-state index in [0.717, 1.165) is 22.9 Å². The zero-order valence-electron chi connectivity index (χ0n) is 13.7. The van der Waals surface area contributed by atoms with Gasteiger partial charge >= 0.3 is 6.18 Å². The van der Waals surface area contributed by atoms with Crippen molar-refractivity contribution in [3.8, 4) is 0 Å². The largest absolute Gasteiger partial charge is 0.416 e. The Kier molecular flexibility index (Phi) is 6.43. The summed E-state index contributed by atoms with van der Waals surface area (Å²) >= 11 is 9.13. The highest BCUT2D eigenvalue weighted by Gasteiger charge is 2.33. The summed E-state index contributed by atoms with van der Waals surface area (Å²) in [6, 6.07) is 8.73. The Labute approximate surface area is 167 Å². The predicted molar refractivity (Wildman–Crippen MR) is 101 cm³/mol. The number of benzene rings is 2. The van der Waals surface area contributed by atoms with E-state index < -0.39 is 39.9 Å². The molecular weight excluding hydrogens is 473 g/mol. The summed E-state index contributed by atoms with van der Waals surface area (Å²) in [6.45, 7) is -0.740. The summed E-state index contributed by atoms with van der Waals surface area (Å²) < 4.78 is 64.3. The first-order valence-corrected chi connectivity index (χ1v) is 10.3. The number of halogens is 5. The van der Waals surface area contributed by atoms with E-state index in [1.54, 1.807) is 24.3 Å². The van der Waals surface area contributed by atoms with Gasteiger partial charge in [-0.3, -0.25) is 9.10 Å². The zero-order chi connectivity index (χ0) is 20.4. The van der Waals surface area contributed by atoms with E-state index in [9.17, 15) is 26.4 Å². The molecule has 0 atom stereocenters. The second kappa shape index (κ2) is 8.07. The van der Waals surface area contributed by atoms with Crippen LogP contribution in [0.4, 0.5) is 24.5 Å². The van der Waals surface area contributed by atoms with E-state index in [-0.39, 0.29) is 5.02 Å². The SMILES string of the molecule is CS(=O)(=O)N(CC(=O)Nc1ccc(Br)cc1)c1cc(C(F)(F)F)ccc1Cl. The third-order valence-corrected chi connectivity index (χ3v) is 5.33. The lowest BCUT2D eigenvalue weighted by Crippen LogP contribution is -2.37. The maximum Gasteiger partial charge on any atom is 0.416 e. The first-order valence-electron chi connectivity index (χ1n) is 7.28. The lowest BCUT2D eigenvalue weighted by atomic mass is 10.2. The fourth-order valence-corrected chi connectivity index (χ4v) is 3.52. The normalized spacial score (nSPS) is 11.9. The first-order chi connectivity index (χ1) is 12.4. The molecule has 0 aliphatic rings. The van der Waals surface area contributed by atoms with Crippen LogP contribution >= 0.6 is 27.5 Å². The van der Waals surface area contributed by atoms with Gasteiger partial charge in [-0.1, -0.05) is 27.5 Å². The lowest BCUT2D eigenvalue weighted by molar-refractivity contribution is -0.137. The van der Waals surface area contributed by atoms with Gasteiger partial charge in [-0.15, -0.1) is 0 Å². The van der Waals surface area contributed by atoms with Crippen LogP contribution in [0, 0.1) is 0 Å². The topological polar surface area (TPSA) is 66.5 Å². The van der Waals surface area contributed by atoms with Crippen LogP contribution < -0.4 is 9.62 Å². The molecule has 0 aliphatic heterocycles. The summed E-state index contributed by atoms with van der Waals surface area (Å²) in [6.07, 6.45) is -3.92. The molecule has 0 radical (unpaired) electrons. The smallest absolute Gasteiger partial charge is 0.325 e. The molecule has 1 amide bonds. The monoisotopic (exact) mass is 484 g/mol. The number of carbonyl (C=O) groups excluding carboxylic acids is 1. The summed E-state index contributed by atoms with van der Waals surface area (Å²) in [5, 5.41) is 2.24. The molecule has 0 bridgehead atoms. The molecule has 0 aliphatic carbocycles. The Balaban J connectivity index is 2.34. The number of alkyl halides is 3. The molecule has 2 rings (SSSR count). The van der Waals surface area contributed by atoms with Gasteiger partial charge in [0, 0.05) is 10.2 Å². The number of amides is 1. The molecule has 5 nitrogen and oxygen atoms in total. The standard InChI is InChI=1S/C16H13BrClF3N2O3S/c1-27(25,26)23(9-15(24)22-12-5-3-11(17)4-6-12)14-8-10(16(19,20)21)2-7-13(14)18/h2-8H,9H2,1H3,(H,22,24). The molecule has 2 aromatic carbocycles. The van der Waals surface area contributed by atoms with Gasteiger partial charge in [0.05, 0.1) is 22.5 Å². The third kappa shape index (κ3) is 5.85. The number of hydrogen-bond acceptors (Lipinski definition) is 3. The van der Waals surface area contributed by atoms with Gasteiger partial charge < -0.3 is 5.32 Å². The van der Waals surface area contributed by atoms with Crippen LogP contribution in [0.15, 0.2) is 46.9 Å². The highest BCUT2D eigenvalue weighted by molar-refractivity contribution is 9.10. The molecule has 0 saturated carbocycles. The Morgan fingerprint density at radius 1 is 1.19 bits per heavy atom. The number of sulfonamides is 1. The Bertz CT molecular complexity index is 950. The molecule has 27 heavy (non-hydrogen) atoms. The number of anilines is 2. The van der Waals surface area contributed by atoms with Crippen LogP contribution in [0.1, 0.15) is 5.56 Å². The predicted octanol–water partition coefficient (Wildman–Crippen LogP) is 4.53. The van der Waals surface area contributed by atoms with Crippen LogP contribution in [-0.4, -0.2) is 27.1 Å². The van der Waals surface area contributed by atoms with Crippen molar-refractivity contribution in [2.24, 2.45) is 0 Å². The van der Waals surface area contributed by atoms with Crippen molar-refractivity contribution in [1.29, 1.82) is 0 Å². The van der Waals surface area contributed by atoms with Gasteiger partial charge in [-0.2, -0.15) is 13.2 Å². The van der Waals surface area contributed by atoms with E-state index in [0.29, 0.717) is 16.1 Å². The van der Waals surface area contributed by atoms with Crippen molar-refractivity contribution in [1.82, 2.24) is 0 Å². The Morgan fingerprint density at radius 2 is 1.78 bits per heavy atom. The number of hydrogen-bond donors (Lipinski definition) is 1. The molecule has 0 unspecified atom stereocenters. The minimum absolute atomic E-state index is 0.232. The van der Waals surface area contributed by atoms with Gasteiger partial charge in [0.1, 0.15) is 6.54 Å². The fourth-order valence-electron chi connectivity index (χ4n) is 2.13.